The molecule has 5 atom stereocenters. The summed E-state index contributed by atoms with van der Waals surface area (Å²) >= 11 is 4.09. The van der Waals surface area contributed by atoms with E-state index in [0.717, 1.165) is 25.0 Å². The van der Waals surface area contributed by atoms with Gasteiger partial charge in [0.25, 0.3) is 0 Å². The van der Waals surface area contributed by atoms with Gasteiger partial charge in [-0.3, -0.25) is 0 Å². The van der Waals surface area contributed by atoms with Crippen molar-refractivity contribution >= 4 is 12.6 Å². The van der Waals surface area contributed by atoms with Crippen LogP contribution in [0.1, 0.15) is 19.3 Å². The van der Waals surface area contributed by atoms with Gasteiger partial charge in [0.1, 0.15) is 24.4 Å². The molecule has 0 spiro atoms. The Hall–Kier alpha value is 0.110. The third-order valence-electron chi connectivity index (χ3n) is 2.93. The number of ether oxygens (including phenoxy) is 2. The molecule has 1 fully saturated rings. The zero-order valence-electron chi connectivity index (χ0n) is 10.2. The highest BCUT2D eigenvalue weighted by Crippen LogP contribution is 2.22. The monoisotopic (exact) mass is 282 g/mol. The molecule has 0 saturated carbocycles. The molecule has 0 aliphatic carbocycles. The fourth-order valence-electron chi connectivity index (χ4n) is 1.80. The van der Waals surface area contributed by atoms with Gasteiger partial charge in [-0.2, -0.15) is 12.6 Å². The van der Waals surface area contributed by atoms with E-state index in [0.29, 0.717) is 6.61 Å². The summed E-state index contributed by atoms with van der Waals surface area (Å²) in [4.78, 5) is 0. The van der Waals surface area contributed by atoms with E-state index in [2.05, 4.69) is 12.6 Å². The molecule has 6 nitrogen and oxygen atoms in total. The molecule has 1 heterocycles. The van der Waals surface area contributed by atoms with Crippen LogP contribution in [0.2, 0.25) is 0 Å². The highest BCUT2D eigenvalue weighted by molar-refractivity contribution is 7.80. The Morgan fingerprint density at radius 3 is 2.33 bits per heavy atom. The van der Waals surface area contributed by atoms with Gasteiger partial charge in [0.15, 0.2) is 6.29 Å². The molecule has 0 amide bonds. The molecule has 2 unspecified atom stereocenters. The number of hydrogen-bond acceptors (Lipinski definition) is 7. The highest BCUT2D eigenvalue weighted by atomic mass is 32.1. The molecule has 1 saturated heterocycles. The fraction of sp³-hybridized carbons (Fsp3) is 1.00. The predicted octanol–water partition coefficient (Wildman–Crippen LogP) is -1.10. The quantitative estimate of drug-likeness (QED) is 0.300. The van der Waals surface area contributed by atoms with Gasteiger partial charge in [-0.15, -0.1) is 0 Å². The van der Waals surface area contributed by atoms with Crippen LogP contribution >= 0.6 is 12.6 Å². The van der Waals surface area contributed by atoms with Crippen molar-refractivity contribution in [2.75, 3.05) is 19.0 Å². The minimum atomic E-state index is -1.38. The Balaban J connectivity index is 2.35. The summed E-state index contributed by atoms with van der Waals surface area (Å²) in [6.45, 7) is -0.0546. The van der Waals surface area contributed by atoms with Crippen molar-refractivity contribution in [3.63, 3.8) is 0 Å². The first-order valence-electron chi connectivity index (χ1n) is 6.14. The summed E-state index contributed by atoms with van der Waals surface area (Å²) in [5.74, 6) is 0.819. The van der Waals surface area contributed by atoms with Gasteiger partial charge < -0.3 is 29.9 Å². The molecule has 7 heteroatoms. The zero-order chi connectivity index (χ0) is 13.5. The van der Waals surface area contributed by atoms with Crippen LogP contribution in [0.15, 0.2) is 0 Å². The fourth-order valence-corrected chi connectivity index (χ4v) is 2.02. The normalized spacial score (nSPS) is 36.8. The average Bonchev–Trinajstić information content (AvgIpc) is 2.38. The van der Waals surface area contributed by atoms with E-state index in [9.17, 15) is 15.3 Å². The first-order valence-corrected chi connectivity index (χ1v) is 6.78. The molecular formula is C11H22O6S. The third kappa shape index (κ3) is 4.34. The second kappa shape index (κ2) is 8.31. The molecular weight excluding hydrogens is 260 g/mol. The first-order chi connectivity index (χ1) is 8.61. The predicted molar refractivity (Wildman–Crippen MR) is 67.4 cm³/mol. The number of aliphatic hydroxyl groups is 4. The third-order valence-corrected chi connectivity index (χ3v) is 3.25. The van der Waals surface area contributed by atoms with E-state index in [1.807, 2.05) is 0 Å². The van der Waals surface area contributed by atoms with Crippen LogP contribution in [-0.2, 0) is 9.47 Å². The smallest absolute Gasteiger partial charge is 0.186 e. The SMILES string of the molecule is OCC1O[C@@H](OCCCCCS)C(O)[C@@H](O)[C@H]1O. The molecule has 4 N–H and O–H groups in total. The van der Waals surface area contributed by atoms with E-state index in [1.54, 1.807) is 0 Å². The Kier molecular flexibility index (Phi) is 7.47. The van der Waals surface area contributed by atoms with Gasteiger partial charge in [-0.05, 0) is 18.6 Å². The summed E-state index contributed by atoms with van der Waals surface area (Å²) in [6, 6.07) is 0. The molecule has 18 heavy (non-hydrogen) atoms. The topological polar surface area (TPSA) is 99.4 Å². The first kappa shape index (κ1) is 16.2. The van der Waals surface area contributed by atoms with Crippen molar-refractivity contribution in [2.24, 2.45) is 0 Å². The van der Waals surface area contributed by atoms with Crippen LogP contribution in [0.3, 0.4) is 0 Å². The molecule has 1 aliphatic rings. The number of hydrogen-bond donors (Lipinski definition) is 5. The zero-order valence-corrected chi connectivity index (χ0v) is 11.1. The molecule has 0 radical (unpaired) electrons. The molecule has 0 bridgehead atoms. The van der Waals surface area contributed by atoms with Crippen LogP contribution in [0, 0.1) is 0 Å². The van der Waals surface area contributed by atoms with E-state index in [4.69, 9.17) is 14.6 Å². The maximum Gasteiger partial charge on any atom is 0.186 e. The van der Waals surface area contributed by atoms with Gasteiger partial charge in [0, 0.05) is 6.61 Å². The Morgan fingerprint density at radius 1 is 1.00 bits per heavy atom. The summed E-state index contributed by atoms with van der Waals surface area (Å²) in [7, 11) is 0. The van der Waals surface area contributed by atoms with Crippen molar-refractivity contribution in [2.45, 2.75) is 50.0 Å². The summed E-state index contributed by atoms with van der Waals surface area (Å²) in [6.07, 6.45) is -3.21. The second-order valence-corrected chi connectivity index (χ2v) is 4.80. The van der Waals surface area contributed by atoms with Crippen LogP contribution in [0.4, 0.5) is 0 Å². The van der Waals surface area contributed by atoms with Crippen molar-refractivity contribution in [1.29, 1.82) is 0 Å². The van der Waals surface area contributed by atoms with Crippen molar-refractivity contribution in [1.82, 2.24) is 0 Å². The molecule has 0 aromatic carbocycles. The summed E-state index contributed by atoms with van der Waals surface area (Å²) in [5, 5.41) is 37.7. The van der Waals surface area contributed by atoms with Crippen LogP contribution in [-0.4, -0.2) is 70.1 Å². The maximum atomic E-state index is 9.67. The van der Waals surface area contributed by atoms with Gasteiger partial charge in [-0.1, -0.05) is 6.42 Å². The summed E-state index contributed by atoms with van der Waals surface area (Å²) in [5.41, 5.74) is 0. The number of thiol groups is 1. The van der Waals surface area contributed by atoms with E-state index in [1.165, 1.54) is 0 Å². The Morgan fingerprint density at radius 2 is 1.72 bits per heavy atom. The largest absolute Gasteiger partial charge is 0.394 e. The van der Waals surface area contributed by atoms with Gasteiger partial charge >= 0.3 is 0 Å². The minimum absolute atomic E-state index is 0.385. The van der Waals surface area contributed by atoms with Gasteiger partial charge in [-0.25, -0.2) is 0 Å². The number of rotatable bonds is 7. The van der Waals surface area contributed by atoms with E-state index >= 15 is 0 Å². The maximum absolute atomic E-state index is 9.67. The van der Waals surface area contributed by atoms with Gasteiger partial charge in [0.05, 0.1) is 6.61 Å². The molecule has 1 rings (SSSR count). The number of aliphatic hydroxyl groups excluding tert-OH is 4. The standard InChI is InChI=1S/C11H22O6S/c12-6-7-8(13)9(14)10(15)11(17-7)16-4-2-1-3-5-18/h7-15,18H,1-6H2/t7?,8-,9-,10?,11+/m0/s1. The lowest BCUT2D eigenvalue weighted by Crippen LogP contribution is -2.59. The van der Waals surface area contributed by atoms with Crippen LogP contribution < -0.4 is 0 Å². The molecule has 0 aromatic heterocycles. The lowest BCUT2D eigenvalue weighted by atomic mass is 9.99. The highest BCUT2D eigenvalue weighted by Gasteiger charge is 2.43. The second-order valence-electron chi connectivity index (χ2n) is 4.35. The van der Waals surface area contributed by atoms with Gasteiger partial charge in [0.2, 0.25) is 0 Å². The van der Waals surface area contributed by atoms with Crippen molar-refractivity contribution < 1.29 is 29.9 Å². The minimum Gasteiger partial charge on any atom is -0.394 e. The van der Waals surface area contributed by atoms with E-state index in [-0.39, 0.29) is 0 Å². The Labute approximate surface area is 112 Å². The van der Waals surface area contributed by atoms with Crippen molar-refractivity contribution in [3.05, 3.63) is 0 Å². The Bertz CT molecular complexity index is 228. The van der Waals surface area contributed by atoms with Crippen LogP contribution in [0.25, 0.3) is 0 Å². The van der Waals surface area contributed by atoms with E-state index < -0.39 is 37.3 Å². The lowest BCUT2D eigenvalue weighted by molar-refractivity contribution is -0.301. The summed E-state index contributed by atoms with van der Waals surface area (Å²) < 4.78 is 10.5. The number of unbranched alkanes of at least 4 members (excludes halogenated alkanes) is 2. The molecule has 1 aliphatic heterocycles. The van der Waals surface area contributed by atoms with Crippen molar-refractivity contribution in [3.8, 4) is 0 Å². The average molecular weight is 282 g/mol. The molecule has 0 aromatic rings. The molecule has 108 valence electrons. The van der Waals surface area contributed by atoms with Crippen LogP contribution in [0.5, 0.6) is 0 Å². The lowest BCUT2D eigenvalue weighted by Gasteiger charge is -2.39.